The molecule has 1 aromatic heterocycles. The first-order chi connectivity index (χ1) is 11.1. The van der Waals surface area contributed by atoms with E-state index in [1.807, 2.05) is 44.2 Å². The van der Waals surface area contributed by atoms with E-state index in [9.17, 15) is 9.59 Å². The molecule has 0 radical (unpaired) electrons. The lowest BCUT2D eigenvalue weighted by atomic mass is 10.2. The van der Waals surface area contributed by atoms with E-state index in [0.717, 1.165) is 18.2 Å². The molecule has 1 aromatic carbocycles. The van der Waals surface area contributed by atoms with Crippen molar-refractivity contribution in [1.29, 1.82) is 0 Å². The molecule has 0 saturated carbocycles. The van der Waals surface area contributed by atoms with Crippen molar-refractivity contribution in [3.63, 3.8) is 0 Å². The largest absolute Gasteiger partial charge is 0.325 e. The third-order valence-corrected chi connectivity index (χ3v) is 3.53. The van der Waals surface area contributed by atoms with Crippen molar-refractivity contribution in [2.24, 2.45) is 0 Å². The van der Waals surface area contributed by atoms with Gasteiger partial charge in [-0.15, -0.1) is 0 Å². The molecule has 0 aliphatic rings. The second-order valence-corrected chi connectivity index (χ2v) is 5.15. The molecule has 0 spiro atoms. The molecule has 1 heterocycles. The smallest absolute Gasteiger partial charge is 0.274 e. The summed E-state index contributed by atoms with van der Waals surface area (Å²) in [4.78, 5) is 31.7. The monoisotopic (exact) mass is 309 g/mol. The average Bonchev–Trinajstić information content (AvgIpc) is 2.59. The summed E-state index contributed by atoms with van der Waals surface area (Å²) in [5.74, 6) is 5.84. The average molecular weight is 309 g/mol. The van der Waals surface area contributed by atoms with Crippen LogP contribution in [0.15, 0.2) is 47.5 Å². The molecule has 0 aliphatic carbocycles. The molecule has 1 atom stereocenters. The minimum absolute atomic E-state index is 0.0290. The highest BCUT2D eigenvalue weighted by molar-refractivity contribution is 5.92. The van der Waals surface area contributed by atoms with Gasteiger partial charge in [-0.25, -0.2) is 4.98 Å². The van der Waals surface area contributed by atoms with Crippen LogP contribution in [0.5, 0.6) is 0 Å². The number of amides is 1. The minimum atomic E-state index is -0.333. The Bertz CT molecular complexity index is 752. The van der Waals surface area contributed by atoms with Crippen LogP contribution in [-0.2, 0) is 0 Å². The lowest BCUT2D eigenvalue weighted by Gasteiger charge is -2.26. The fraction of sp³-hybridized carbons (Fsp3) is 0.278. The molecule has 0 saturated heterocycles. The third-order valence-electron chi connectivity index (χ3n) is 3.53. The van der Waals surface area contributed by atoms with Crippen molar-refractivity contribution in [3.05, 3.63) is 64.3 Å². The van der Waals surface area contributed by atoms with E-state index in [0.29, 0.717) is 6.54 Å². The SMILES string of the molecule is CC[C@H](C)N(CC#Cc1ccccc1)C(=O)c1c[nH]c(=O)cn1. The van der Waals surface area contributed by atoms with Crippen LogP contribution < -0.4 is 5.56 Å². The summed E-state index contributed by atoms with van der Waals surface area (Å²) in [5, 5.41) is 0. The van der Waals surface area contributed by atoms with Gasteiger partial charge in [0.2, 0.25) is 0 Å². The first-order valence-corrected chi connectivity index (χ1v) is 7.51. The van der Waals surface area contributed by atoms with Crippen LogP contribution in [0.3, 0.4) is 0 Å². The quantitative estimate of drug-likeness (QED) is 0.879. The summed E-state index contributed by atoms with van der Waals surface area (Å²) >= 11 is 0. The number of nitrogens with zero attached hydrogens (tertiary/aromatic N) is 2. The van der Waals surface area contributed by atoms with Crippen molar-refractivity contribution < 1.29 is 4.79 Å². The Kier molecular flexibility index (Phi) is 5.70. The number of hydrogen-bond donors (Lipinski definition) is 1. The Morgan fingerprint density at radius 1 is 1.35 bits per heavy atom. The van der Waals surface area contributed by atoms with Crippen molar-refractivity contribution >= 4 is 5.91 Å². The van der Waals surface area contributed by atoms with Crippen molar-refractivity contribution in [2.45, 2.75) is 26.3 Å². The minimum Gasteiger partial charge on any atom is -0.325 e. The van der Waals surface area contributed by atoms with Crippen LogP contribution in [0.2, 0.25) is 0 Å². The van der Waals surface area contributed by atoms with E-state index < -0.39 is 0 Å². The van der Waals surface area contributed by atoms with Crippen molar-refractivity contribution in [1.82, 2.24) is 14.9 Å². The molecule has 5 heteroatoms. The number of rotatable bonds is 4. The van der Waals surface area contributed by atoms with E-state index >= 15 is 0 Å². The molecule has 2 rings (SSSR count). The maximum absolute atomic E-state index is 12.6. The summed E-state index contributed by atoms with van der Waals surface area (Å²) < 4.78 is 0. The normalized spacial score (nSPS) is 11.2. The Labute approximate surface area is 135 Å². The summed E-state index contributed by atoms with van der Waals surface area (Å²) in [5.41, 5.74) is 0.790. The molecule has 5 nitrogen and oxygen atoms in total. The topological polar surface area (TPSA) is 66.1 Å². The highest BCUT2D eigenvalue weighted by Gasteiger charge is 2.20. The van der Waals surface area contributed by atoms with Gasteiger partial charge in [0, 0.05) is 17.8 Å². The second kappa shape index (κ2) is 7.95. The predicted octanol–water partition coefficient (Wildman–Crippen LogP) is 2.06. The van der Waals surface area contributed by atoms with Crippen LogP contribution in [0, 0.1) is 11.8 Å². The van der Waals surface area contributed by atoms with Crippen LogP contribution in [0.1, 0.15) is 36.3 Å². The number of carbonyl (C=O) groups is 1. The van der Waals surface area contributed by atoms with Crippen LogP contribution in [0.25, 0.3) is 0 Å². The Hall–Kier alpha value is -2.87. The van der Waals surface area contributed by atoms with Crippen LogP contribution >= 0.6 is 0 Å². The molecule has 0 unspecified atom stereocenters. The van der Waals surface area contributed by atoms with Gasteiger partial charge in [0.1, 0.15) is 5.69 Å². The van der Waals surface area contributed by atoms with Gasteiger partial charge in [0.25, 0.3) is 11.5 Å². The predicted molar refractivity (Wildman–Crippen MR) is 89.0 cm³/mol. The van der Waals surface area contributed by atoms with Gasteiger partial charge < -0.3 is 9.88 Å². The Morgan fingerprint density at radius 3 is 2.70 bits per heavy atom. The van der Waals surface area contributed by atoms with Gasteiger partial charge in [-0.05, 0) is 25.5 Å². The van der Waals surface area contributed by atoms with Gasteiger partial charge in [0.05, 0.1) is 12.7 Å². The standard InChI is InChI=1S/C18H19N3O2/c1-3-14(2)21(11-7-10-15-8-5-4-6-9-15)18(23)16-12-20-17(22)13-19-16/h4-6,8-9,12-14H,3,11H2,1-2H3,(H,20,22)/t14-/m0/s1. The van der Waals surface area contributed by atoms with E-state index in [1.165, 1.54) is 6.20 Å². The maximum atomic E-state index is 12.6. The molecule has 2 aromatic rings. The van der Waals surface area contributed by atoms with E-state index in [4.69, 9.17) is 0 Å². The summed E-state index contributed by atoms with van der Waals surface area (Å²) in [6.45, 7) is 4.28. The molecular formula is C18H19N3O2. The molecule has 118 valence electrons. The lowest BCUT2D eigenvalue weighted by Crippen LogP contribution is -2.39. The number of aromatic nitrogens is 2. The van der Waals surface area contributed by atoms with E-state index in [2.05, 4.69) is 21.8 Å². The first kappa shape index (κ1) is 16.5. The fourth-order valence-corrected chi connectivity index (χ4v) is 2.00. The second-order valence-electron chi connectivity index (χ2n) is 5.15. The first-order valence-electron chi connectivity index (χ1n) is 7.51. The zero-order valence-electron chi connectivity index (χ0n) is 13.2. The number of nitrogens with one attached hydrogen (secondary N) is 1. The molecule has 1 N–H and O–H groups in total. The molecule has 0 fully saturated rings. The molecule has 23 heavy (non-hydrogen) atoms. The lowest BCUT2D eigenvalue weighted by molar-refractivity contribution is 0.0710. The Morgan fingerprint density at radius 2 is 2.09 bits per heavy atom. The van der Waals surface area contributed by atoms with Gasteiger partial charge in [-0.3, -0.25) is 9.59 Å². The van der Waals surface area contributed by atoms with Crippen molar-refractivity contribution in [3.8, 4) is 11.8 Å². The molecule has 1 amide bonds. The number of H-pyrrole nitrogens is 1. The van der Waals surface area contributed by atoms with Crippen LogP contribution in [-0.4, -0.2) is 33.4 Å². The Balaban J connectivity index is 2.17. The molecule has 0 aliphatic heterocycles. The number of benzene rings is 1. The molecule has 0 bridgehead atoms. The number of aromatic amines is 1. The number of carbonyl (C=O) groups excluding carboxylic acids is 1. The summed E-state index contributed by atoms with van der Waals surface area (Å²) in [6, 6.07) is 9.65. The highest BCUT2D eigenvalue weighted by Crippen LogP contribution is 2.08. The maximum Gasteiger partial charge on any atom is 0.274 e. The zero-order chi connectivity index (χ0) is 16.7. The van der Waals surface area contributed by atoms with Gasteiger partial charge in [0.15, 0.2) is 0 Å². The molecular weight excluding hydrogens is 290 g/mol. The summed E-state index contributed by atoms with van der Waals surface area (Å²) in [7, 11) is 0. The van der Waals surface area contributed by atoms with Gasteiger partial charge in [-0.2, -0.15) is 0 Å². The van der Waals surface area contributed by atoms with Crippen LogP contribution in [0.4, 0.5) is 0 Å². The number of hydrogen-bond acceptors (Lipinski definition) is 3. The zero-order valence-corrected chi connectivity index (χ0v) is 13.2. The third kappa shape index (κ3) is 4.55. The van der Waals surface area contributed by atoms with Crippen molar-refractivity contribution in [2.75, 3.05) is 6.54 Å². The summed E-state index contributed by atoms with van der Waals surface area (Å²) in [6.07, 6.45) is 3.25. The fourth-order valence-electron chi connectivity index (χ4n) is 2.00. The van der Waals surface area contributed by atoms with Gasteiger partial charge in [-0.1, -0.05) is 37.0 Å². The van der Waals surface area contributed by atoms with Gasteiger partial charge >= 0.3 is 0 Å². The van der Waals surface area contributed by atoms with E-state index in [1.54, 1.807) is 4.90 Å². The highest BCUT2D eigenvalue weighted by atomic mass is 16.2. The van der Waals surface area contributed by atoms with E-state index in [-0.39, 0.29) is 23.2 Å².